The molecule has 0 aliphatic heterocycles. The van der Waals surface area contributed by atoms with E-state index in [1.807, 2.05) is 0 Å². The van der Waals surface area contributed by atoms with E-state index in [2.05, 4.69) is 6.78 Å². The van der Waals surface area contributed by atoms with Crippen LogP contribution in [0.5, 0.6) is 0 Å². The van der Waals surface area contributed by atoms with E-state index in [9.17, 15) is 0 Å². The predicted octanol–water partition coefficient (Wildman–Crippen LogP) is -11.3. The second kappa shape index (κ2) is 27.0. The van der Waals surface area contributed by atoms with Gasteiger partial charge in [-0.15, -0.1) is 0 Å². The summed E-state index contributed by atoms with van der Waals surface area (Å²) in [5, 5.41) is 53.6. The minimum absolute atomic E-state index is 0.379. The molecule has 0 saturated heterocycles. The monoisotopic (exact) mass is 550 g/mol. The SMILES string of the molecule is O=C([O-])C(=O)[O-].O=C([O-])C(=O)[O-].O=C([O-])C(=O)[O-].O=C[O][Mo+3].O=C[O][Mo+3]. The molecule has 0 saturated carbocycles. The summed E-state index contributed by atoms with van der Waals surface area (Å²) in [6, 6.07) is 0. The Morgan fingerprint density at radius 2 is 0.577 bits per heavy atom. The number of carbonyl (C=O) groups excluding carboxylic acids is 8. The van der Waals surface area contributed by atoms with Crippen molar-refractivity contribution in [1.29, 1.82) is 0 Å². The summed E-state index contributed by atoms with van der Waals surface area (Å²) in [6.07, 6.45) is 0. The van der Waals surface area contributed by atoms with Gasteiger partial charge in [-0.2, -0.15) is 0 Å². The molecule has 0 amide bonds. The molecule has 0 fully saturated rings. The van der Waals surface area contributed by atoms with Gasteiger partial charge in [-0.3, -0.25) is 0 Å². The summed E-state index contributed by atoms with van der Waals surface area (Å²) in [5.74, 6) is -13.1. The maximum atomic E-state index is 8.95. The van der Waals surface area contributed by atoms with Gasteiger partial charge in [-0.05, 0) is 0 Å². The number of carboxylic acids is 6. The van der Waals surface area contributed by atoms with Crippen LogP contribution in [0, 0.1) is 0 Å². The molecule has 0 heterocycles. The number of carboxylic acid groups (broad SMARTS) is 6. The summed E-state index contributed by atoms with van der Waals surface area (Å²) >= 11 is 2.51. The van der Waals surface area contributed by atoms with Gasteiger partial charge in [0.05, 0.1) is 35.8 Å². The summed E-state index contributed by atoms with van der Waals surface area (Å²) < 4.78 is 7.74. The van der Waals surface area contributed by atoms with Gasteiger partial charge in [0.15, 0.2) is 0 Å². The fourth-order valence-corrected chi connectivity index (χ4v) is 0. The van der Waals surface area contributed by atoms with E-state index >= 15 is 0 Å². The standard InChI is InChI=1S/3C2H2O4.2CH2O2.2Mo/c3*3-1(4)2(5)6;2*2-1-3;;/h3*(H,3,4)(H,5,6);2*1H,(H,2,3);;/q;;;;;2*+4/p-8. The van der Waals surface area contributed by atoms with Crippen LogP contribution in [-0.4, -0.2) is 48.8 Å². The van der Waals surface area contributed by atoms with Crippen LogP contribution < -0.4 is 30.6 Å². The fourth-order valence-electron chi connectivity index (χ4n) is 0. The zero-order chi connectivity index (χ0) is 22.3. The number of rotatable bonds is 2. The Morgan fingerprint density at radius 3 is 0.577 bits per heavy atom. The number of hydrogen-bond donors (Lipinski definition) is 0. The van der Waals surface area contributed by atoms with E-state index in [0.29, 0.717) is 12.9 Å². The number of carbonyl (C=O) groups is 8. The van der Waals surface area contributed by atoms with Gasteiger partial charge < -0.3 is 59.4 Å². The molecule has 0 aliphatic rings. The summed E-state index contributed by atoms with van der Waals surface area (Å²) in [7, 11) is 0. The second-order valence-corrected chi connectivity index (χ2v) is 3.06. The number of aliphatic carboxylic acids is 6. The van der Waals surface area contributed by atoms with Gasteiger partial charge in [0.25, 0.3) is 0 Å². The molecule has 18 heteroatoms. The predicted molar refractivity (Wildman–Crippen MR) is 44.3 cm³/mol. The van der Waals surface area contributed by atoms with Crippen LogP contribution in [0.4, 0.5) is 0 Å². The van der Waals surface area contributed by atoms with Crippen molar-refractivity contribution >= 4 is 48.8 Å². The molecule has 16 nitrogen and oxygen atoms in total. The minimum atomic E-state index is -2.19. The fraction of sp³-hybridized carbons (Fsp3) is 0. The molecule has 0 radical (unpaired) electrons. The van der Waals surface area contributed by atoms with Crippen molar-refractivity contribution in [2.45, 2.75) is 0 Å². The Balaban J connectivity index is -0.0000000716. The van der Waals surface area contributed by atoms with E-state index in [-0.39, 0.29) is 0 Å². The third-order valence-corrected chi connectivity index (χ3v) is 0.965. The van der Waals surface area contributed by atoms with Crippen LogP contribution in [0.2, 0.25) is 0 Å². The topological polar surface area (TPSA) is 293 Å². The summed E-state index contributed by atoms with van der Waals surface area (Å²) in [5.41, 5.74) is 0. The van der Waals surface area contributed by atoms with Crippen molar-refractivity contribution in [2.24, 2.45) is 0 Å². The van der Waals surface area contributed by atoms with Crippen LogP contribution in [0.1, 0.15) is 0 Å². The first kappa shape index (κ1) is 34.5. The normalized spacial score (nSPS) is 6.54. The molecule has 0 aromatic rings. The molecule has 0 aromatic heterocycles. The first-order chi connectivity index (χ1) is 11.8. The Morgan fingerprint density at radius 1 is 0.500 bits per heavy atom. The zero-order valence-electron chi connectivity index (χ0n) is 11.5. The van der Waals surface area contributed by atoms with Crippen LogP contribution in [-0.2, 0) is 85.5 Å². The third kappa shape index (κ3) is 69.1. The van der Waals surface area contributed by atoms with E-state index in [4.69, 9.17) is 69.0 Å². The average Bonchev–Trinajstić information content (AvgIpc) is 2.56. The van der Waals surface area contributed by atoms with Crippen molar-refractivity contribution < 1.29 is 116 Å². The van der Waals surface area contributed by atoms with Gasteiger partial charge in [0.2, 0.25) is 0 Å². The molecule has 0 aliphatic carbocycles. The van der Waals surface area contributed by atoms with E-state index in [1.165, 1.54) is 40.4 Å². The van der Waals surface area contributed by atoms with Crippen molar-refractivity contribution in [3.8, 4) is 0 Å². The molecule has 0 rings (SSSR count). The molecule has 0 spiro atoms. The molecule has 0 unspecified atom stereocenters. The molecule has 0 aromatic carbocycles. The molecular weight excluding hydrogens is 544 g/mol. The van der Waals surface area contributed by atoms with Crippen molar-refractivity contribution in [3.63, 3.8) is 0 Å². The van der Waals surface area contributed by atoms with E-state index in [1.54, 1.807) is 0 Å². The average molecular weight is 546 g/mol. The van der Waals surface area contributed by atoms with Crippen molar-refractivity contribution in [3.05, 3.63) is 0 Å². The zero-order valence-corrected chi connectivity index (χ0v) is 15.5. The Kier molecular flexibility index (Phi) is 35.8. The summed E-state index contributed by atoms with van der Waals surface area (Å²) in [6.45, 7) is 0.759. The Hall–Kier alpha value is -2.86. The summed E-state index contributed by atoms with van der Waals surface area (Å²) in [4.78, 5) is 71.5. The van der Waals surface area contributed by atoms with Crippen LogP contribution in [0.15, 0.2) is 0 Å². The Labute approximate surface area is 165 Å². The molecular formula is C8H2Mo2O16. The van der Waals surface area contributed by atoms with Crippen LogP contribution in [0.25, 0.3) is 0 Å². The van der Waals surface area contributed by atoms with Gasteiger partial charge in [-0.1, -0.05) is 0 Å². The molecule has 26 heavy (non-hydrogen) atoms. The molecule has 0 atom stereocenters. The van der Waals surface area contributed by atoms with Crippen molar-refractivity contribution in [1.82, 2.24) is 0 Å². The van der Waals surface area contributed by atoms with Crippen LogP contribution in [0.3, 0.4) is 0 Å². The number of hydrogen-bond acceptors (Lipinski definition) is 16. The maximum absolute atomic E-state index is 8.95. The molecule has 0 bridgehead atoms. The third-order valence-electron chi connectivity index (χ3n) is 0.579. The van der Waals surface area contributed by atoms with Gasteiger partial charge >= 0.3 is 69.7 Å². The van der Waals surface area contributed by atoms with Crippen LogP contribution >= 0.6 is 0 Å². The molecule has 0 N–H and O–H groups in total. The van der Waals surface area contributed by atoms with Gasteiger partial charge in [-0.25, -0.2) is 0 Å². The van der Waals surface area contributed by atoms with Gasteiger partial charge in [0.1, 0.15) is 0 Å². The molecule has 142 valence electrons. The van der Waals surface area contributed by atoms with E-state index < -0.39 is 35.8 Å². The van der Waals surface area contributed by atoms with Gasteiger partial charge in [0, 0.05) is 0 Å². The first-order valence-electron chi connectivity index (χ1n) is 4.48. The second-order valence-electron chi connectivity index (χ2n) is 2.11. The first-order valence-corrected chi connectivity index (χ1v) is 6.11. The Bertz CT molecular complexity index is 384. The van der Waals surface area contributed by atoms with Crippen molar-refractivity contribution in [2.75, 3.05) is 0 Å². The van der Waals surface area contributed by atoms with E-state index in [0.717, 1.165) is 0 Å². The quantitative estimate of drug-likeness (QED) is 0.176.